The lowest BCUT2D eigenvalue weighted by molar-refractivity contribution is 0.0985. The molecule has 0 aliphatic heterocycles. The van der Waals surface area contributed by atoms with E-state index < -0.39 is 0 Å². The van der Waals surface area contributed by atoms with Crippen LogP contribution in [-0.4, -0.2) is 17.7 Å². The van der Waals surface area contributed by atoms with Crippen molar-refractivity contribution < 1.29 is 9.59 Å². The predicted molar refractivity (Wildman–Crippen MR) is 82.7 cm³/mol. The largest absolute Gasteiger partial charge is 0.305 e. The van der Waals surface area contributed by atoms with Crippen LogP contribution in [0.4, 0.5) is 5.69 Å². The summed E-state index contributed by atoms with van der Waals surface area (Å²) in [5, 5.41) is 0. The van der Waals surface area contributed by atoms with Crippen molar-refractivity contribution in [1.29, 1.82) is 0 Å². The number of hydrogen-bond donors (Lipinski definition) is 0. The number of amides is 1. The average molecular weight is 279 g/mol. The van der Waals surface area contributed by atoms with Crippen molar-refractivity contribution in [3.05, 3.63) is 65.7 Å². The minimum Gasteiger partial charge on any atom is -0.305 e. The molecule has 1 aliphatic rings. The van der Waals surface area contributed by atoms with E-state index in [-0.39, 0.29) is 17.7 Å². The fourth-order valence-corrected chi connectivity index (χ4v) is 2.43. The molecule has 106 valence electrons. The van der Waals surface area contributed by atoms with E-state index in [4.69, 9.17) is 0 Å². The lowest BCUT2D eigenvalue weighted by Crippen LogP contribution is -2.33. The molecule has 0 N–H and O–H groups in total. The minimum atomic E-state index is -0.0354. The summed E-state index contributed by atoms with van der Waals surface area (Å²) in [5.74, 6) is -0.0610. The number of hydrogen-bond acceptors (Lipinski definition) is 2. The summed E-state index contributed by atoms with van der Waals surface area (Å²) in [6, 6.07) is 16.9. The van der Waals surface area contributed by atoms with Gasteiger partial charge in [0, 0.05) is 22.9 Å². The van der Waals surface area contributed by atoms with Gasteiger partial charge in [-0.3, -0.25) is 9.59 Å². The first-order valence-corrected chi connectivity index (χ1v) is 7.16. The fraction of sp³-hybridized carbons (Fsp3) is 0.222. The Morgan fingerprint density at radius 3 is 2.24 bits per heavy atom. The van der Waals surface area contributed by atoms with Gasteiger partial charge in [0.1, 0.15) is 0 Å². The zero-order chi connectivity index (χ0) is 14.8. The molecule has 0 aromatic heterocycles. The number of para-hydroxylation sites is 1. The highest BCUT2D eigenvalue weighted by Gasteiger charge is 2.34. The lowest BCUT2D eigenvalue weighted by atomic mass is 10.1. The highest BCUT2D eigenvalue weighted by molar-refractivity contribution is 6.08. The van der Waals surface area contributed by atoms with Gasteiger partial charge in [0.05, 0.1) is 0 Å². The molecule has 0 radical (unpaired) electrons. The van der Waals surface area contributed by atoms with Gasteiger partial charge in [0.15, 0.2) is 5.78 Å². The third-order valence-corrected chi connectivity index (χ3v) is 3.68. The van der Waals surface area contributed by atoms with Crippen LogP contribution in [0.3, 0.4) is 0 Å². The Hall–Kier alpha value is -2.42. The average Bonchev–Trinajstić information content (AvgIpc) is 3.33. The first-order chi connectivity index (χ1) is 10.2. The Balaban J connectivity index is 1.95. The zero-order valence-electron chi connectivity index (χ0n) is 12.0. The maximum atomic E-state index is 12.8. The van der Waals surface area contributed by atoms with Gasteiger partial charge in [-0.1, -0.05) is 30.3 Å². The van der Waals surface area contributed by atoms with Crippen LogP contribution < -0.4 is 4.90 Å². The number of carbonyl (C=O) groups excluding carboxylic acids is 2. The van der Waals surface area contributed by atoms with Gasteiger partial charge in [-0.05, 0) is 44.0 Å². The molecule has 3 heteroatoms. The van der Waals surface area contributed by atoms with Crippen LogP contribution in [0.15, 0.2) is 54.6 Å². The maximum Gasteiger partial charge on any atom is 0.258 e. The summed E-state index contributed by atoms with van der Waals surface area (Å²) in [6.07, 6.45) is 2.07. The van der Waals surface area contributed by atoms with Crippen LogP contribution >= 0.6 is 0 Å². The number of carbonyl (C=O) groups is 2. The van der Waals surface area contributed by atoms with Crippen molar-refractivity contribution in [2.24, 2.45) is 0 Å². The van der Waals surface area contributed by atoms with Crippen molar-refractivity contribution in [2.75, 3.05) is 4.90 Å². The molecular formula is C18H17NO2. The van der Waals surface area contributed by atoms with E-state index in [1.54, 1.807) is 24.3 Å². The highest BCUT2D eigenvalue weighted by atomic mass is 16.2. The van der Waals surface area contributed by atoms with Gasteiger partial charge in [0.2, 0.25) is 0 Å². The number of nitrogens with zero attached hydrogens (tertiary/aromatic N) is 1. The zero-order valence-corrected chi connectivity index (χ0v) is 12.0. The standard InChI is InChI=1S/C18H17NO2/c1-13(20)14-6-5-7-15(12-14)18(21)19(17-10-11-17)16-8-3-2-4-9-16/h2-9,12,17H,10-11H2,1H3. The van der Waals surface area contributed by atoms with Crippen molar-refractivity contribution in [2.45, 2.75) is 25.8 Å². The van der Waals surface area contributed by atoms with Gasteiger partial charge in [0.25, 0.3) is 5.91 Å². The third-order valence-electron chi connectivity index (χ3n) is 3.68. The minimum absolute atomic E-state index is 0.0256. The second-order valence-corrected chi connectivity index (χ2v) is 5.38. The summed E-state index contributed by atoms with van der Waals surface area (Å²) < 4.78 is 0. The third kappa shape index (κ3) is 2.87. The molecule has 0 atom stereocenters. The molecule has 0 spiro atoms. The number of rotatable bonds is 4. The molecule has 3 rings (SSSR count). The maximum absolute atomic E-state index is 12.8. The second-order valence-electron chi connectivity index (χ2n) is 5.38. The summed E-state index contributed by atoms with van der Waals surface area (Å²) in [4.78, 5) is 26.1. The van der Waals surface area contributed by atoms with Gasteiger partial charge < -0.3 is 4.90 Å². The molecular weight excluding hydrogens is 262 g/mol. The van der Waals surface area contributed by atoms with Gasteiger partial charge in [-0.2, -0.15) is 0 Å². The van der Waals surface area contributed by atoms with Crippen molar-refractivity contribution in [3.63, 3.8) is 0 Å². The Bertz CT molecular complexity index is 675. The predicted octanol–water partition coefficient (Wildman–Crippen LogP) is 3.70. The number of Topliss-reactive ketones (excluding diaryl/α,β-unsaturated/α-hetero) is 1. The van der Waals surface area contributed by atoms with E-state index in [0.29, 0.717) is 11.1 Å². The van der Waals surface area contributed by atoms with E-state index >= 15 is 0 Å². The normalized spacial score (nSPS) is 13.8. The number of ketones is 1. The smallest absolute Gasteiger partial charge is 0.258 e. The fourth-order valence-electron chi connectivity index (χ4n) is 2.43. The van der Waals surface area contributed by atoms with Crippen LogP contribution in [0.1, 0.15) is 40.5 Å². The topological polar surface area (TPSA) is 37.4 Å². The number of anilines is 1. The molecule has 3 nitrogen and oxygen atoms in total. The van der Waals surface area contributed by atoms with Crippen LogP contribution in [0.5, 0.6) is 0 Å². The molecule has 1 fully saturated rings. The van der Waals surface area contributed by atoms with Gasteiger partial charge in [-0.25, -0.2) is 0 Å². The van der Waals surface area contributed by atoms with Crippen LogP contribution in [0.2, 0.25) is 0 Å². The van der Waals surface area contributed by atoms with Crippen LogP contribution in [0.25, 0.3) is 0 Å². The molecule has 0 bridgehead atoms. The van der Waals surface area contributed by atoms with Crippen molar-refractivity contribution in [1.82, 2.24) is 0 Å². The summed E-state index contributed by atoms with van der Waals surface area (Å²) in [5.41, 5.74) is 2.06. The number of benzene rings is 2. The Labute approximate surface area is 124 Å². The molecule has 0 saturated heterocycles. The molecule has 1 aliphatic carbocycles. The van der Waals surface area contributed by atoms with Crippen molar-refractivity contribution >= 4 is 17.4 Å². The van der Waals surface area contributed by atoms with E-state index in [0.717, 1.165) is 18.5 Å². The lowest BCUT2D eigenvalue weighted by Gasteiger charge is -2.22. The summed E-state index contributed by atoms with van der Waals surface area (Å²) in [7, 11) is 0. The van der Waals surface area contributed by atoms with E-state index in [9.17, 15) is 9.59 Å². The van der Waals surface area contributed by atoms with Gasteiger partial charge in [-0.15, -0.1) is 0 Å². The highest BCUT2D eigenvalue weighted by Crippen LogP contribution is 2.33. The Kier molecular flexibility index (Phi) is 3.57. The molecule has 0 heterocycles. The first-order valence-electron chi connectivity index (χ1n) is 7.16. The second kappa shape index (κ2) is 5.52. The monoisotopic (exact) mass is 279 g/mol. The Morgan fingerprint density at radius 2 is 1.62 bits per heavy atom. The molecule has 0 unspecified atom stereocenters. The Morgan fingerprint density at radius 1 is 0.952 bits per heavy atom. The quantitative estimate of drug-likeness (QED) is 0.800. The molecule has 21 heavy (non-hydrogen) atoms. The van der Waals surface area contributed by atoms with Gasteiger partial charge >= 0.3 is 0 Å². The van der Waals surface area contributed by atoms with Crippen molar-refractivity contribution in [3.8, 4) is 0 Å². The van der Waals surface area contributed by atoms with E-state index in [1.807, 2.05) is 35.2 Å². The van der Waals surface area contributed by atoms with Crippen LogP contribution in [0, 0.1) is 0 Å². The molecule has 1 saturated carbocycles. The SMILES string of the molecule is CC(=O)c1cccc(C(=O)N(c2ccccc2)C2CC2)c1. The van der Waals surface area contributed by atoms with E-state index in [1.165, 1.54) is 6.92 Å². The molecule has 1 amide bonds. The van der Waals surface area contributed by atoms with E-state index in [2.05, 4.69) is 0 Å². The van der Waals surface area contributed by atoms with Crippen LogP contribution in [-0.2, 0) is 0 Å². The summed E-state index contributed by atoms with van der Waals surface area (Å²) in [6.45, 7) is 1.51. The first kappa shape index (κ1) is 13.6. The molecule has 2 aromatic rings. The summed E-state index contributed by atoms with van der Waals surface area (Å²) >= 11 is 0. The molecule has 2 aromatic carbocycles.